The number of piperazine rings is 1. The van der Waals surface area contributed by atoms with Crippen LogP contribution in [-0.4, -0.2) is 60.1 Å². The Morgan fingerprint density at radius 1 is 1.07 bits per heavy atom. The highest BCUT2D eigenvalue weighted by Crippen LogP contribution is 2.37. The third-order valence-corrected chi connectivity index (χ3v) is 5.03. The van der Waals surface area contributed by atoms with Crippen LogP contribution in [0.4, 0.5) is 31.9 Å². The maximum absolute atomic E-state index is 14.2. The van der Waals surface area contributed by atoms with E-state index in [4.69, 9.17) is 0 Å². The molecule has 1 aliphatic rings. The first kappa shape index (κ1) is 19.7. The van der Waals surface area contributed by atoms with Crippen molar-refractivity contribution in [3.63, 3.8) is 0 Å². The lowest BCUT2D eigenvalue weighted by molar-refractivity contribution is -0.384. The van der Waals surface area contributed by atoms with Crippen molar-refractivity contribution in [1.82, 2.24) is 15.0 Å². The second-order valence-electron chi connectivity index (χ2n) is 7.09. The summed E-state index contributed by atoms with van der Waals surface area (Å²) in [7, 11) is 3.71. The van der Waals surface area contributed by atoms with E-state index < -0.39 is 16.6 Å². The molecule has 1 aromatic carbocycles. The van der Waals surface area contributed by atoms with Crippen molar-refractivity contribution >= 4 is 34.0 Å². The van der Waals surface area contributed by atoms with Gasteiger partial charge in [0.05, 0.1) is 4.92 Å². The molecule has 0 atom stereocenters. The van der Waals surface area contributed by atoms with E-state index in [1.807, 2.05) is 25.1 Å². The van der Waals surface area contributed by atoms with Crippen LogP contribution in [0.1, 0.15) is 0 Å². The number of hydrogen-bond acceptors (Lipinski definition) is 8. The summed E-state index contributed by atoms with van der Waals surface area (Å²) in [5, 5.41) is 11.8. The first-order valence-corrected chi connectivity index (χ1v) is 9.28. The Bertz CT molecular complexity index is 1120. The second kappa shape index (κ2) is 7.65. The number of halogens is 2. The minimum Gasteiger partial charge on any atom is -0.362 e. The minimum atomic E-state index is -1.11. The molecule has 0 unspecified atom stereocenters. The Hall–Kier alpha value is -3.63. The standard InChI is InChI=1S/C19H19F2N7O2/c1-25(2)19-22-6-5-15(24-19)26-7-9-27(10-8-26)18-12-3-4-13(20)16(21)17(12)23-11-14(18)28(29)30/h3-6,11H,7-10H2,1-2H3. The van der Waals surface area contributed by atoms with Crippen LogP contribution in [0.25, 0.3) is 10.9 Å². The fourth-order valence-corrected chi connectivity index (χ4v) is 3.54. The van der Waals surface area contributed by atoms with E-state index in [2.05, 4.69) is 19.9 Å². The molecule has 0 radical (unpaired) electrons. The number of hydrogen-bond donors (Lipinski definition) is 0. The van der Waals surface area contributed by atoms with Crippen molar-refractivity contribution < 1.29 is 13.7 Å². The van der Waals surface area contributed by atoms with Gasteiger partial charge in [-0.05, 0) is 18.2 Å². The zero-order valence-corrected chi connectivity index (χ0v) is 16.4. The summed E-state index contributed by atoms with van der Waals surface area (Å²) in [6.07, 6.45) is 2.67. The lowest BCUT2D eigenvalue weighted by Gasteiger charge is -2.36. The Kier molecular flexibility index (Phi) is 5.02. The molecule has 156 valence electrons. The molecule has 11 heteroatoms. The molecule has 0 saturated carbocycles. The van der Waals surface area contributed by atoms with Crippen LogP contribution >= 0.6 is 0 Å². The number of nitrogens with zero attached hydrogens (tertiary/aromatic N) is 7. The lowest BCUT2D eigenvalue weighted by atomic mass is 10.1. The van der Waals surface area contributed by atoms with Crippen molar-refractivity contribution in [3.05, 3.63) is 52.3 Å². The normalized spacial score (nSPS) is 14.3. The van der Waals surface area contributed by atoms with E-state index in [9.17, 15) is 18.9 Å². The third kappa shape index (κ3) is 3.42. The van der Waals surface area contributed by atoms with Crippen molar-refractivity contribution in [3.8, 4) is 0 Å². The number of fused-ring (bicyclic) bond motifs is 1. The molecule has 0 bridgehead atoms. The molecule has 1 aliphatic heterocycles. The first-order valence-electron chi connectivity index (χ1n) is 9.28. The van der Waals surface area contributed by atoms with E-state index in [1.54, 1.807) is 11.1 Å². The van der Waals surface area contributed by atoms with Gasteiger partial charge in [-0.1, -0.05) is 0 Å². The fourth-order valence-electron chi connectivity index (χ4n) is 3.54. The van der Waals surface area contributed by atoms with E-state index in [-0.39, 0.29) is 22.3 Å². The lowest BCUT2D eigenvalue weighted by Crippen LogP contribution is -2.47. The molecule has 30 heavy (non-hydrogen) atoms. The maximum Gasteiger partial charge on any atom is 0.311 e. The SMILES string of the molecule is CN(C)c1nccc(N2CCN(c3c([N+](=O)[O-])cnc4c(F)c(F)ccc34)CC2)n1. The molecule has 3 aromatic rings. The number of benzene rings is 1. The van der Waals surface area contributed by atoms with Crippen molar-refractivity contribution in [2.24, 2.45) is 0 Å². The largest absolute Gasteiger partial charge is 0.362 e. The Balaban J connectivity index is 1.66. The average molecular weight is 415 g/mol. The van der Waals surface area contributed by atoms with Crippen LogP contribution in [0, 0.1) is 21.7 Å². The molecular weight excluding hydrogens is 396 g/mol. The quantitative estimate of drug-likeness (QED) is 0.474. The van der Waals surface area contributed by atoms with Crippen LogP contribution in [-0.2, 0) is 0 Å². The molecular formula is C19H19F2N7O2. The Morgan fingerprint density at radius 2 is 1.77 bits per heavy atom. The summed E-state index contributed by atoms with van der Waals surface area (Å²) >= 11 is 0. The highest BCUT2D eigenvalue weighted by atomic mass is 19.2. The summed E-state index contributed by atoms with van der Waals surface area (Å²) in [6.45, 7) is 1.99. The summed E-state index contributed by atoms with van der Waals surface area (Å²) in [5.74, 6) is -0.807. The van der Waals surface area contributed by atoms with Gasteiger partial charge in [-0.25, -0.2) is 18.7 Å². The molecule has 9 nitrogen and oxygen atoms in total. The first-order chi connectivity index (χ1) is 14.4. The monoisotopic (exact) mass is 415 g/mol. The molecule has 1 fully saturated rings. The summed E-state index contributed by atoms with van der Waals surface area (Å²) in [5.41, 5.74) is -0.205. The zero-order chi connectivity index (χ0) is 21.4. The summed E-state index contributed by atoms with van der Waals surface area (Å²) in [4.78, 5) is 29.2. The molecule has 0 N–H and O–H groups in total. The average Bonchev–Trinajstić information content (AvgIpc) is 2.75. The van der Waals surface area contributed by atoms with E-state index >= 15 is 0 Å². The second-order valence-corrected chi connectivity index (χ2v) is 7.09. The molecule has 1 saturated heterocycles. The van der Waals surface area contributed by atoms with Crippen LogP contribution < -0.4 is 14.7 Å². The van der Waals surface area contributed by atoms with Gasteiger partial charge >= 0.3 is 5.69 Å². The summed E-state index contributed by atoms with van der Waals surface area (Å²) in [6, 6.07) is 4.11. The van der Waals surface area contributed by atoms with Gasteiger partial charge < -0.3 is 14.7 Å². The topological polar surface area (TPSA) is 91.5 Å². The van der Waals surface area contributed by atoms with E-state index in [0.29, 0.717) is 32.1 Å². The highest BCUT2D eigenvalue weighted by Gasteiger charge is 2.28. The number of pyridine rings is 1. The smallest absolute Gasteiger partial charge is 0.311 e. The fraction of sp³-hybridized carbons (Fsp3) is 0.316. The van der Waals surface area contributed by atoms with Gasteiger partial charge in [0.15, 0.2) is 11.6 Å². The van der Waals surface area contributed by atoms with Crippen LogP contribution in [0.15, 0.2) is 30.6 Å². The maximum atomic E-state index is 14.2. The predicted octanol–water partition coefficient (Wildman–Crippen LogP) is 2.60. The molecule has 0 aliphatic carbocycles. The molecule has 0 amide bonds. The molecule has 2 aromatic heterocycles. The third-order valence-electron chi connectivity index (χ3n) is 5.03. The van der Waals surface area contributed by atoms with Crippen molar-refractivity contribution in [1.29, 1.82) is 0 Å². The Morgan fingerprint density at radius 3 is 2.43 bits per heavy atom. The van der Waals surface area contributed by atoms with E-state index in [1.165, 1.54) is 6.07 Å². The van der Waals surface area contributed by atoms with Gasteiger partial charge in [-0.2, -0.15) is 4.98 Å². The van der Waals surface area contributed by atoms with Crippen molar-refractivity contribution in [2.45, 2.75) is 0 Å². The van der Waals surface area contributed by atoms with Crippen LogP contribution in [0.5, 0.6) is 0 Å². The van der Waals surface area contributed by atoms with Crippen LogP contribution in [0.2, 0.25) is 0 Å². The number of nitro groups is 1. The van der Waals surface area contributed by atoms with Gasteiger partial charge in [0, 0.05) is 51.9 Å². The van der Waals surface area contributed by atoms with Gasteiger partial charge in [0.25, 0.3) is 0 Å². The highest BCUT2D eigenvalue weighted by molar-refractivity contribution is 5.96. The van der Waals surface area contributed by atoms with Gasteiger partial charge in [-0.15, -0.1) is 0 Å². The summed E-state index contributed by atoms with van der Waals surface area (Å²) < 4.78 is 27.8. The minimum absolute atomic E-state index is 0.216. The van der Waals surface area contributed by atoms with Gasteiger partial charge in [0.1, 0.15) is 23.2 Å². The molecule has 4 rings (SSSR count). The number of anilines is 3. The van der Waals surface area contributed by atoms with Crippen LogP contribution in [0.3, 0.4) is 0 Å². The number of aromatic nitrogens is 3. The van der Waals surface area contributed by atoms with Gasteiger partial charge in [-0.3, -0.25) is 10.1 Å². The molecule has 0 spiro atoms. The Labute approximate surface area is 170 Å². The number of rotatable bonds is 4. The predicted molar refractivity (Wildman–Crippen MR) is 109 cm³/mol. The molecule has 3 heterocycles. The van der Waals surface area contributed by atoms with E-state index in [0.717, 1.165) is 18.1 Å². The van der Waals surface area contributed by atoms with Gasteiger partial charge in [0.2, 0.25) is 5.95 Å². The zero-order valence-electron chi connectivity index (χ0n) is 16.4. The van der Waals surface area contributed by atoms with Crippen molar-refractivity contribution in [2.75, 3.05) is 55.0 Å².